The van der Waals surface area contributed by atoms with E-state index in [2.05, 4.69) is 25.9 Å². The maximum atomic E-state index is 12.4. The molecular formula is C23H23N5O6S2. The first-order valence-electron chi connectivity index (χ1n) is 11.1. The van der Waals surface area contributed by atoms with Gasteiger partial charge in [0.1, 0.15) is 21.3 Å². The van der Waals surface area contributed by atoms with Gasteiger partial charge in [0.25, 0.3) is 5.95 Å². The average Bonchev–Trinajstić information content (AvgIpc) is 3.47. The van der Waals surface area contributed by atoms with Crippen LogP contribution in [0.1, 0.15) is 29.9 Å². The number of tetrazole rings is 1. The number of amides is 1. The number of H-pyrrole nitrogens is 1. The van der Waals surface area contributed by atoms with Crippen LogP contribution in [0, 0.1) is 6.92 Å². The Morgan fingerprint density at radius 1 is 1.17 bits per heavy atom. The van der Waals surface area contributed by atoms with Crippen LogP contribution in [0.3, 0.4) is 0 Å². The summed E-state index contributed by atoms with van der Waals surface area (Å²) in [7, 11) is -1.33. The molecule has 1 aliphatic rings. The van der Waals surface area contributed by atoms with Gasteiger partial charge in [0.05, 0.1) is 18.6 Å². The van der Waals surface area contributed by atoms with Crippen LogP contribution in [0.5, 0.6) is 22.3 Å². The van der Waals surface area contributed by atoms with E-state index in [0.717, 1.165) is 21.2 Å². The second kappa shape index (κ2) is 9.74. The van der Waals surface area contributed by atoms with E-state index >= 15 is 0 Å². The van der Waals surface area contributed by atoms with Gasteiger partial charge in [-0.15, -0.1) is 5.10 Å². The molecule has 0 aliphatic carbocycles. The number of benzene rings is 2. The third-order valence-corrected chi connectivity index (χ3v) is 8.73. The Bertz CT molecular complexity index is 1490. The van der Waals surface area contributed by atoms with Gasteiger partial charge >= 0.3 is 6.09 Å². The zero-order chi connectivity index (χ0) is 25.3. The van der Waals surface area contributed by atoms with Crippen molar-refractivity contribution in [3.63, 3.8) is 0 Å². The van der Waals surface area contributed by atoms with Gasteiger partial charge in [-0.25, -0.2) is 13.2 Å². The minimum absolute atomic E-state index is 0.0211. The summed E-state index contributed by atoms with van der Waals surface area (Å²) in [5, 5.41) is 16.4. The number of aromatic amines is 1. The van der Waals surface area contributed by atoms with Crippen molar-refractivity contribution in [3.05, 3.63) is 47.5 Å². The number of carbonyl (C=O) groups excluding carboxylic acids is 1. The molecule has 5 rings (SSSR count). The molecular weight excluding hydrogens is 506 g/mol. The number of nitrogens with one attached hydrogen (secondary N) is 2. The van der Waals surface area contributed by atoms with Crippen molar-refractivity contribution in [1.29, 1.82) is 0 Å². The van der Waals surface area contributed by atoms with Gasteiger partial charge in [-0.1, -0.05) is 28.6 Å². The number of anilines is 1. The van der Waals surface area contributed by atoms with Crippen LogP contribution >= 0.6 is 11.3 Å². The molecule has 3 heterocycles. The molecule has 2 aromatic heterocycles. The minimum atomic E-state index is -2.92. The summed E-state index contributed by atoms with van der Waals surface area (Å²) >= 11 is 1.26. The van der Waals surface area contributed by atoms with E-state index in [4.69, 9.17) is 14.2 Å². The second-order valence-corrected chi connectivity index (χ2v) is 11.7. The van der Waals surface area contributed by atoms with E-state index in [1.165, 1.54) is 11.3 Å². The predicted molar refractivity (Wildman–Crippen MR) is 134 cm³/mol. The minimum Gasteiger partial charge on any atom is -0.496 e. The molecule has 11 nitrogen and oxygen atoms in total. The molecule has 1 amide bonds. The third kappa shape index (κ3) is 5.11. The van der Waals surface area contributed by atoms with Crippen molar-refractivity contribution in [2.24, 2.45) is 0 Å². The van der Waals surface area contributed by atoms with Crippen molar-refractivity contribution in [1.82, 2.24) is 20.6 Å². The summed E-state index contributed by atoms with van der Waals surface area (Å²) in [6.45, 7) is 1.93. The third-order valence-electron chi connectivity index (χ3n) is 6.00. The molecule has 0 unspecified atom stereocenters. The Hall–Kier alpha value is -3.71. The lowest BCUT2D eigenvalue weighted by Crippen LogP contribution is -2.22. The molecule has 0 atom stereocenters. The Morgan fingerprint density at radius 3 is 2.58 bits per heavy atom. The van der Waals surface area contributed by atoms with Gasteiger partial charge in [-0.3, -0.25) is 5.32 Å². The molecule has 2 N–H and O–H groups in total. The fourth-order valence-corrected chi connectivity index (χ4v) is 6.68. The summed E-state index contributed by atoms with van der Waals surface area (Å²) in [6.07, 6.45) is 0.438. The van der Waals surface area contributed by atoms with Crippen molar-refractivity contribution in [2.75, 3.05) is 23.9 Å². The number of nitrogens with zero attached hydrogens (tertiary/aromatic N) is 3. The zero-order valence-electron chi connectivity index (χ0n) is 19.5. The first-order chi connectivity index (χ1) is 17.3. The number of hydrogen-bond donors (Lipinski definition) is 2. The van der Waals surface area contributed by atoms with Crippen molar-refractivity contribution < 1.29 is 27.4 Å². The van der Waals surface area contributed by atoms with E-state index in [-0.39, 0.29) is 28.4 Å². The van der Waals surface area contributed by atoms with Gasteiger partial charge in [0.2, 0.25) is 5.06 Å². The van der Waals surface area contributed by atoms with E-state index in [0.29, 0.717) is 30.1 Å². The fraction of sp³-hybridized carbons (Fsp3) is 0.304. The maximum Gasteiger partial charge on any atom is 0.420 e. The smallest absolute Gasteiger partial charge is 0.420 e. The highest BCUT2D eigenvalue weighted by molar-refractivity contribution is 7.91. The number of ether oxygens (including phenoxy) is 3. The summed E-state index contributed by atoms with van der Waals surface area (Å²) in [4.78, 5) is 12.4. The number of thiophene rings is 1. The highest BCUT2D eigenvalue weighted by Crippen LogP contribution is 2.48. The Labute approximate surface area is 210 Å². The van der Waals surface area contributed by atoms with Crippen molar-refractivity contribution in [2.45, 2.75) is 25.7 Å². The molecule has 36 heavy (non-hydrogen) atoms. The summed E-state index contributed by atoms with van der Waals surface area (Å²) in [5.74, 6) is 2.19. The van der Waals surface area contributed by atoms with Gasteiger partial charge in [0, 0.05) is 10.1 Å². The number of sulfone groups is 1. The Balaban J connectivity index is 1.42. The van der Waals surface area contributed by atoms with E-state index in [1.54, 1.807) is 7.11 Å². The topological polar surface area (TPSA) is 145 Å². The molecule has 0 spiro atoms. The zero-order valence-corrected chi connectivity index (χ0v) is 21.1. The maximum absolute atomic E-state index is 12.4. The summed E-state index contributed by atoms with van der Waals surface area (Å²) < 4.78 is 41.6. The molecule has 0 bridgehead atoms. The molecule has 2 aromatic carbocycles. The van der Waals surface area contributed by atoms with Crippen LogP contribution in [0.4, 0.5) is 10.7 Å². The van der Waals surface area contributed by atoms with Crippen molar-refractivity contribution in [3.8, 4) is 22.3 Å². The molecule has 188 valence electrons. The molecule has 13 heteroatoms. The van der Waals surface area contributed by atoms with Crippen LogP contribution in [-0.2, 0) is 9.84 Å². The molecule has 4 aromatic rings. The fourth-order valence-electron chi connectivity index (χ4n) is 4.13. The lowest BCUT2D eigenvalue weighted by atomic mass is 9.93. The molecule has 1 aliphatic heterocycles. The van der Waals surface area contributed by atoms with Crippen LogP contribution < -0.4 is 19.5 Å². The Kier molecular flexibility index (Phi) is 6.49. The first kappa shape index (κ1) is 24.0. The summed E-state index contributed by atoms with van der Waals surface area (Å²) in [6, 6.07) is 11.3. The van der Waals surface area contributed by atoms with Gasteiger partial charge in [0.15, 0.2) is 5.75 Å². The number of aryl methyl sites for hydroxylation is 1. The van der Waals surface area contributed by atoms with Crippen LogP contribution in [0.2, 0.25) is 0 Å². The van der Waals surface area contributed by atoms with Gasteiger partial charge < -0.3 is 14.2 Å². The lowest BCUT2D eigenvalue weighted by Gasteiger charge is -2.22. The number of fused-ring (bicyclic) bond motifs is 1. The quantitative estimate of drug-likeness (QED) is 0.370. The van der Waals surface area contributed by atoms with Crippen LogP contribution in [0.15, 0.2) is 36.4 Å². The van der Waals surface area contributed by atoms with Crippen LogP contribution in [-0.4, -0.2) is 53.8 Å². The van der Waals surface area contributed by atoms with Crippen LogP contribution in [0.25, 0.3) is 10.1 Å². The van der Waals surface area contributed by atoms with Crippen molar-refractivity contribution >= 4 is 43.3 Å². The number of methoxy groups -OCH3 is 1. The van der Waals surface area contributed by atoms with E-state index in [9.17, 15) is 13.2 Å². The van der Waals surface area contributed by atoms with Gasteiger partial charge in [-0.2, -0.15) is 5.21 Å². The Morgan fingerprint density at radius 2 is 1.92 bits per heavy atom. The van der Waals surface area contributed by atoms with Gasteiger partial charge in [-0.05, 0) is 66.3 Å². The number of hydrogen-bond acceptors (Lipinski definition) is 10. The standard InChI is InChI=1S/C23H23N5O6S2/c1-13-11-19-17(12-18(13)32-2)20(21(35-19)34-23(29)24-22-25-27-28-26-22)33-16-5-3-14(4-6-16)15-7-9-36(30,31)10-8-15/h3-6,11-12,15H,7-10H2,1-2H3,(H2,24,25,26,27,28,29). The highest BCUT2D eigenvalue weighted by atomic mass is 32.2. The number of aromatic nitrogens is 4. The predicted octanol–water partition coefficient (Wildman–Crippen LogP) is 4.43. The number of carbonyl (C=O) groups is 1. The largest absolute Gasteiger partial charge is 0.496 e. The lowest BCUT2D eigenvalue weighted by molar-refractivity contribution is 0.215. The molecule has 1 fully saturated rings. The van der Waals surface area contributed by atoms with E-state index in [1.807, 2.05) is 43.3 Å². The summed E-state index contributed by atoms with van der Waals surface area (Å²) in [5.41, 5.74) is 2.00. The monoisotopic (exact) mass is 529 g/mol. The first-order valence-corrected chi connectivity index (χ1v) is 13.8. The highest BCUT2D eigenvalue weighted by Gasteiger charge is 2.25. The van der Waals surface area contributed by atoms with E-state index < -0.39 is 15.9 Å². The average molecular weight is 530 g/mol. The second-order valence-electron chi connectivity index (χ2n) is 8.38. The number of rotatable bonds is 6. The molecule has 0 radical (unpaired) electrons. The molecule has 0 saturated carbocycles. The normalized spacial score (nSPS) is 15.5. The SMILES string of the molecule is COc1cc2c(Oc3ccc(C4CCS(=O)(=O)CC4)cc3)c(OC(=O)Nc3nn[nH]n3)sc2cc1C. The molecule has 1 saturated heterocycles.